The molecule has 0 aromatic carbocycles. The smallest absolute Gasteiger partial charge is 0.222 e. The highest BCUT2D eigenvalue weighted by Gasteiger charge is 2.29. The topological polar surface area (TPSA) is 70.8 Å². The van der Waals surface area contributed by atoms with Gasteiger partial charge in [-0.15, -0.1) is 0 Å². The van der Waals surface area contributed by atoms with Crippen molar-refractivity contribution in [2.75, 3.05) is 26.2 Å². The molecule has 168 valence electrons. The zero-order valence-corrected chi connectivity index (χ0v) is 19.4. The average Bonchev–Trinajstić information content (AvgIpc) is 3.40. The molecule has 2 fully saturated rings. The summed E-state index contributed by atoms with van der Waals surface area (Å²) in [5.41, 5.74) is 5.02. The van der Waals surface area contributed by atoms with Gasteiger partial charge in [-0.2, -0.15) is 5.10 Å². The SMILES string of the molecule is CCC(=O)N1CC[C@@H](c2cc3nc(C)c(CCC(=O)N4CCC(C)CC4)c(C)n3n2)C1. The number of hydrogen-bond acceptors (Lipinski definition) is 4. The second-order valence-corrected chi connectivity index (χ2v) is 9.34. The van der Waals surface area contributed by atoms with Crippen molar-refractivity contribution in [1.82, 2.24) is 24.4 Å². The first-order valence-corrected chi connectivity index (χ1v) is 11.8. The van der Waals surface area contributed by atoms with Gasteiger partial charge in [0.2, 0.25) is 11.8 Å². The van der Waals surface area contributed by atoms with Crippen LogP contribution in [-0.2, 0) is 16.0 Å². The van der Waals surface area contributed by atoms with E-state index < -0.39 is 0 Å². The number of likely N-dealkylation sites (tertiary alicyclic amines) is 2. The van der Waals surface area contributed by atoms with Crippen LogP contribution in [0.25, 0.3) is 5.65 Å². The van der Waals surface area contributed by atoms with Crippen molar-refractivity contribution < 1.29 is 9.59 Å². The number of carbonyl (C=O) groups is 2. The predicted octanol–water partition coefficient (Wildman–Crippen LogP) is 3.26. The standard InChI is InChI=1S/C24H35N5O2/c1-5-23(30)28-13-10-19(15-28)21-14-22-25-17(3)20(18(4)29(22)26-21)6-7-24(31)27-11-8-16(2)9-12-27/h14,16,19H,5-13,15H2,1-4H3/t19-/m1/s1. The van der Waals surface area contributed by atoms with Crippen LogP contribution in [0, 0.1) is 19.8 Å². The molecule has 0 aliphatic carbocycles. The van der Waals surface area contributed by atoms with Gasteiger partial charge in [-0.1, -0.05) is 13.8 Å². The van der Waals surface area contributed by atoms with Crippen molar-refractivity contribution in [2.24, 2.45) is 5.92 Å². The molecule has 4 heterocycles. The fraction of sp³-hybridized carbons (Fsp3) is 0.667. The molecular weight excluding hydrogens is 390 g/mol. The summed E-state index contributed by atoms with van der Waals surface area (Å²) in [6, 6.07) is 2.06. The zero-order chi connectivity index (χ0) is 22.1. The first kappa shape index (κ1) is 21.8. The van der Waals surface area contributed by atoms with E-state index in [0.717, 1.165) is 79.7 Å². The molecular formula is C24H35N5O2. The molecule has 1 atom stereocenters. The fourth-order valence-corrected chi connectivity index (χ4v) is 5.01. The van der Waals surface area contributed by atoms with Gasteiger partial charge in [-0.3, -0.25) is 9.59 Å². The van der Waals surface area contributed by atoms with Crippen molar-refractivity contribution in [2.45, 2.75) is 72.1 Å². The largest absolute Gasteiger partial charge is 0.343 e. The Morgan fingerprint density at radius 2 is 1.77 bits per heavy atom. The number of nitrogens with zero attached hydrogens (tertiary/aromatic N) is 5. The van der Waals surface area contributed by atoms with E-state index in [2.05, 4.69) is 19.9 Å². The lowest BCUT2D eigenvalue weighted by Crippen LogP contribution is -2.38. The maximum Gasteiger partial charge on any atom is 0.222 e. The van der Waals surface area contributed by atoms with Gasteiger partial charge in [0.15, 0.2) is 5.65 Å². The van der Waals surface area contributed by atoms with E-state index in [1.807, 2.05) is 28.2 Å². The quantitative estimate of drug-likeness (QED) is 0.737. The van der Waals surface area contributed by atoms with Crippen LogP contribution in [0.3, 0.4) is 0 Å². The van der Waals surface area contributed by atoms with E-state index in [4.69, 9.17) is 10.1 Å². The number of hydrogen-bond donors (Lipinski definition) is 0. The van der Waals surface area contributed by atoms with E-state index in [0.29, 0.717) is 19.3 Å². The molecule has 0 N–H and O–H groups in total. The van der Waals surface area contributed by atoms with Crippen LogP contribution in [0.2, 0.25) is 0 Å². The predicted molar refractivity (Wildman–Crippen MR) is 120 cm³/mol. The van der Waals surface area contributed by atoms with Crippen molar-refractivity contribution in [3.05, 3.63) is 28.7 Å². The summed E-state index contributed by atoms with van der Waals surface area (Å²) in [7, 11) is 0. The molecule has 0 unspecified atom stereocenters. The van der Waals surface area contributed by atoms with Crippen molar-refractivity contribution in [3.8, 4) is 0 Å². The Hall–Kier alpha value is -2.44. The lowest BCUT2D eigenvalue weighted by Gasteiger charge is -2.30. The Morgan fingerprint density at radius 3 is 2.48 bits per heavy atom. The molecule has 0 bridgehead atoms. The monoisotopic (exact) mass is 425 g/mol. The van der Waals surface area contributed by atoms with Gasteiger partial charge in [0.1, 0.15) is 0 Å². The van der Waals surface area contributed by atoms with Gasteiger partial charge in [0, 0.05) is 62.4 Å². The average molecular weight is 426 g/mol. The number of rotatable bonds is 5. The van der Waals surface area contributed by atoms with Crippen LogP contribution in [0.15, 0.2) is 6.07 Å². The lowest BCUT2D eigenvalue weighted by molar-refractivity contribution is -0.132. The van der Waals surface area contributed by atoms with Crippen LogP contribution in [-0.4, -0.2) is 62.4 Å². The minimum absolute atomic E-state index is 0.214. The number of aryl methyl sites for hydroxylation is 2. The number of carbonyl (C=O) groups excluding carboxylic acids is 2. The minimum Gasteiger partial charge on any atom is -0.343 e. The van der Waals surface area contributed by atoms with Crippen LogP contribution < -0.4 is 0 Å². The van der Waals surface area contributed by atoms with Crippen molar-refractivity contribution in [1.29, 1.82) is 0 Å². The lowest BCUT2D eigenvalue weighted by atomic mass is 9.98. The molecule has 31 heavy (non-hydrogen) atoms. The van der Waals surface area contributed by atoms with Gasteiger partial charge >= 0.3 is 0 Å². The van der Waals surface area contributed by atoms with Crippen molar-refractivity contribution >= 4 is 17.5 Å². The van der Waals surface area contributed by atoms with Crippen LogP contribution in [0.1, 0.15) is 74.5 Å². The first-order chi connectivity index (χ1) is 14.9. The summed E-state index contributed by atoms with van der Waals surface area (Å²) < 4.78 is 1.93. The van der Waals surface area contributed by atoms with Crippen LogP contribution >= 0.6 is 0 Å². The fourth-order valence-electron chi connectivity index (χ4n) is 5.01. The summed E-state index contributed by atoms with van der Waals surface area (Å²) in [4.78, 5) is 33.5. The van der Waals surface area contributed by atoms with E-state index >= 15 is 0 Å². The molecule has 7 nitrogen and oxygen atoms in total. The number of aromatic nitrogens is 3. The van der Waals surface area contributed by atoms with Crippen molar-refractivity contribution in [3.63, 3.8) is 0 Å². The highest BCUT2D eigenvalue weighted by atomic mass is 16.2. The zero-order valence-electron chi connectivity index (χ0n) is 19.4. The summed E-state index contributed by atoms with van der Waals surface area (Å²) in [6.45, 7) is 11.6. The molecule has 0 spiro atoms. The normalized spacial score (nSPS) is 20.1. The Bertz CT molecular complexity index is 974. The first-order valence-electron chi connectivity index (χ1n) is 11.8. The van der Waals surface area contributed by atoms with E-state index in [1.54, 1.807) is 0 Å². The van der Waals surface area contributed by atoms with Gasteiger partial charge < -0.3 is 9.80 Å². The molecule has 7 heteroatoms. The van der Waals surface area contributed by atoms with E-state index in [1.165, 1.54) is 0 Å². The van der Waals surface area contributed by atoms with Crippen LogP contribution in [0.4, 0.5) is 0 Å². The highest BCUT2D eigenvalue weighted by molar-refractivity contribution is 5.77. The Kier molecular flexibility index (Phi) is 6.30. The molecule has 4 rings (SSSR count). The molecule has 0 saturated carbocycles. The Balaban J connectivity index is 1.48. The third-order valence-electron chi connectivity index (χ3n) is 7.17. The summed E-state index contributed by atoms with van der Waals surface area (Å²) in [5.74, 6) is 1.45. The number of amides is 2. The molecule has 2 amide bonds. The highest BCUT2D eigenvalue weighted by Crippen LogP contribution is 2.28. The van der Waals surface area contributed by atoms with E-state index in [-0.39, 0.29) is 17.7 Å². The number of piperidine rings is 1. The molecule has 2 aromatic heterocycles. The van der Waals surface area contributed by atoms with E-state index in [9.17, 15) is 9.59 Å². The molecule has 2 aliphatic heterocycles. The second kappa shape index (κ2) is 8.97. The van der Waals surface area contributed by atoms with Gasteiger partial charge in [-0.25, -0.2) is 9.50 Å². The maximum atomic E-state index is 12.7. The van der Waals surface area contributed by atoms with Gasteiger partial charge in [-0.05, 0) is 51.0 Å². The molecule has 2 saturated heterocycles. The second-order valence-electron chi connectivity index (χ2n) is 9.34. The summed E-state index contributed by atoms with van der Waals surface area (Å²) in [6.07, 6.45) is 4.93. The third kappa shape index (κ3) is 4.46. The van der Waals surface area contributed by atoms with Gasteiger partial charge in [0.05, 0.1) is 5.69 Å². The third-order valence-corrected chi connectivity index (χ3v) is 7.17. The number of fused-ring (bicyclic) bond motifs is 1. The summed E-state index contributed by atoms with van der Waals surface area (Å²) in [5, 5.41) is 4.86. The Morgan fingerprint density at radius 1 is 1.06 bits per heavy atom. The molecule has 0 radical (unpaired) electrons. The van der Waals surface area contributed by atoms with Crippen LogP contribution in [0.5, 0.6) is 0 Å². The minimum atomic E-state index is 0.214. The summed E-state index contributed by atoms with van der Waals surface area (Å²) >= 11 is 0. The Labute approximate surface area is 184 Å². The molecule has 2 aromatic rings. The molecule has 2 aliphatic rings. The van der Waals surface area contributed by atoms with Gasteiger partial charge in [0.25, 0.3) is 0 Å². The maximum absolute atomic E-state index is 12.7.